The summed E-state index contributed by atoms with van der Waals surface area (Å²) in [6.07, 6.45) is -0.367. The number of imidazole rings is 1. The molecule has 37 heavy (non-hydrogen) atoms. The average molecular weight is 518 g/mol. The fourth-order valence-corrected chi connectivity index (χ4v) is 4.45. The molecule has 1 aliphatic heterocycles. The molecule has 186 valence electrons. The lowest BCUT2D eigenvalue weighted by atomic mass is 9.83. The highest BCUT2D eigenvalue weighted by Crippen LogP contribution is 2.47. The fourth-order valence-electron chi connectivity index (χ4n) is 4.27. The van der Waals surface area contributed by atoms with E-state index in [0.717, 1.165) is 0 Å². The van der Waals surface area contributed by atoms with Crippen LogP contribution in [0.15, 0.2) is 73.3 Å². The van der Waals surface area contributed by atoms with Gasteiger partial charge >= 0.3 is 11.9 Å². The first kappa shape index (κ1) is 24.4. The first-order valence-corrected chi connectivity index (χ1v) is 11.7. The topological polar surface area (TPSA) is 129 Å². The number of fused-ring (bicyclic) bond motifs is 1. The number of ether oxygens (including phenoxy) is 3. The van der Waals surface area contributed by atoms with Gasteiger partial charge in [0, 0.05) is 0 Å². The quantitative estimate of drug-likeness (QED) is 0.275. The lowest BCUT2D eigenvalue weighted by Gasteiger charge is -2.28. The average Bonchev–Trinajstić information content (AvgIpc) is 3.48. The van der Waals surface area contributed by atoms with Crippen LogP contribution in [-0.2, 0) is 14.2 Å². The van der Waals surface area contributed by atoms with E-state index >= 15 is 0 Å². The molecular weight excluding hydrogens is 498 g/mol. The Morgan fingerprint density at radius 2 is 1.70 bits per heavy atom. The largest absolute Gasteiger partial charge is 0.459 e. The number of halogens is 1. The summed E-state index contributed by atoms with van der Waals surface area (Å²) in [5, 5.41) is 10.5. The third-order valence-electron chi connectivity index (χ3n) is 6.18. The molecular formula is C26H20ClN5O5. The Kier molecular flexibility index (Phi) is 6.56. The fraction of sp³-hybridized carbons (Fsp3) is 0.231. The SMILES string of the molecule is C[C@@]1(C#N)[C@H](OC(=O)c2ccccc2)[C@@H](COC(=O)c2ccccc2)O[C@H]1n1cnc2c(Cl)ncnc21. The zero-order chi connectivity index (χ0) is 26.0. The van der Waals surface area contributed by atoms with Gasteiger partial charge in [0.2, 0.25) is 0 Å². The first-order chi connectivity index (χ1) is 17.9. The number of esters is 2. The Hall–Kier alpha value is -4.33. The maximum Gasteiger partial charge on any atom is 0.338 e. The molecule has 11 heteroatoms. The molecule has 0 amide bonds. The summed E-state index contributed by atoms with van der Waals surface area (Å²) in [6.45, 7) is 1.34. The second kappa shape index (κ2) is 9.97. The van der Waals surface area contributed by atoms with Crippen LogP contribution in [0.5, 0.6) is 0 Å². The Bertz CT molecular complexity index is 1490. The summed E-state index contributed by atoms with van der Waals surface area (Å²) in [4.78, 5) is 38.0. The van der Waals surface area contributed by atoms with Crippen LogP contribution in [0.2, 0.25) is 5.15 Å². The molecule has 2 aromatic heterocycles. The molecule has 0 spiro atoms. The monoisotopic (exact) mass is 517 g/mol. The second-order valence-corrected chi connectivity index (χ2v) is 8.92. The highest BCUT2D eigenvalue weighted by atomic mass is 35.5. The van der Waals surface area contributed by atoms with Gasteiger partial charge in [0.1, 0.15) is 30.0 Å². The minimum atomic E-state index is -1.42. The molecule has 1 saturated heterocycles. The molecule has 0 N–H and O–H groups in total. The summed E-state index contributed by atoms with van der Waals surface area (Å²) in [5.74, 6) is -1.22. The number of carbonyl (C=O) groups is 2. The zero-order valence-electron chi connectivity index (χ0n) is 19.5. The molecule has 1 aliphatic rings. The number of rotatable bonds is 6. The van der Waals surface area contributed by atoms with Crippen molar-refractivity contribution in [3.05, 3.63) is 89.6 Å². The Labute approximate surface area is 216 Å². The zero-order valence-corrected chi connectivity index (χ0v) is 20.3. The minimum Gasteiger partial charge on any atom is -0.459 e. The van der Waals surface area contributed by atoms with E-state index in [-0.39, 0.29) is 11.8 Å². The molecule has 1 fully saturated rings. The molecule has 0 radical (unpaired) electrons. The molecule has 4 aromatic rings. The molecule has 0 bridgehead atoms. The van der Waals surface area contributed by atoms with Crippen LogP contribution in [0.1, 0.15) is 33.9 Å². The molecule has 0 aliphatic carbocycles. The van der Waals surface area contributed by atoms with Crippen LogP contribution in [0.25, 0.3) is 11.2 Å². The summed E-state index contributed by atoms with van der Waals surface area (Å²) >= 11 is 6.16. The van der Waals surface area contributed by atoms with Crippen molar-refractivity contribution in [2.24, 2.45) is 5.41 Å². The predicted octanol–water partition coefficient (Wildman–Crippen LogP) is 3.99. The third-order valence-corrected chi connectivity index (χ3v) is 6.46. The number of nitriles is 1. The van der Waals surface area contributed by atoms with E-state index in [2.05, 4.69) is 21.0 Å². The van der Waals surface area contributed by atoms with Gasteiger partial charge in [0.25, 0.3) is 0 Å². The van der Waals surface area contributed by atoms with Crippen molar-refractivity contribution in [2.45, 2.75) is 25.4 Å². The van der Waals surface area contributed by atoms with Crippen LogP contribution in [-0.4, -0.2) is 50.3 Å². The van der Waals surface area contributed by atoms with Crippen molar-refractivity contribution >= 4 is 34.7 Å². The first-order valence-electron chi connectivity index (χ1n) is 11.3. The lowest BCUT2D eigenvalue weighted by Crippen LogP contribution is -2.41. The highest BCUT2D eigenvalue weighted by molar-refractivity contribution is 6.33. The van der Waals surface area contributed by atoms with Gasteiger partial charge in [-0.15, -0.1) is 0 Å². The number of hydrogen-bond donors (Lipinski definition) is 0. The lowest BCUT2D eigenvalue weighted by molar-refractivity contribution is -0.0573. The molecule has 2 aromatic carbocycles. The van der Waals surface area contributed by atoms with Gasteiger partial charge in [0.15, 0.2) is 23.1 Å². The van der Waals surface area contributed by atoms with E-state index in [0.29, 0.717) is 22.3 Å². The van der Waals surface area contributed by atoms with Crippen LogP contribution in [0.4, 0.5) is 0 Å². The number of hydrogen-bond acceptors (Lipinski definition) is 9. The second-order valence-electron chi connectivity index (χ2n) is 8.57. The standard InChI is InChI=1S/C26H20ClN5O5/c1-26(13-28)20(37-24(34)17-10-6-3-7-11-17)18(12-35-23(33)16-8-4-2-5-9-16)36-25(26)32-15-31-19-21(27)29-14-30-22(19)32/h2-11,14-15,18,20,25H,12H2,1H3/t18-,20-,25-,26-/m1/s1. The Morgan fingerprint density at radius 1 is 1.05 bits per heavy atom. The number of benzene rings is 2. The summed E-state index contributed by atoms with van der Waals surface area (Å²) < 4.78 is 19.1. The predicted molar refractivity (Wildman–Crippen MR) is 130 cm³/mol. The Morgan fingerprint density at radius 3 is 2.35 bits per heavy atom. The number of aromatic nitrogens is 4. The van der Waals surface area contributed by atoms with Gasteiger partial charge in [-0.2, -0.15) is 5.26 Å². The maximum absolute atomic E-state index is 13.0. The van der Waals surface area contributed by atoms with Gasteiger partial charge in [-0.3, -0.25) is 4.57 Å². The number of carbonyl (C=O) groups excluding carboxylic acids is 2. The van der Waals surface area contributed by atoms with E-state index in [1.807, 2.05) is 0 Å². The van der Waals surface area contributed by atoms with Crippen LogP contribution in [0.3, 0.4) is 0 Å². The van der Waals surface area contributed by atoms with Crippen molar-refractivity contribution in [2.75, 3.05) is 6.61 Å². The van der Waals surface area contributed by atoms with Gasteiger partial charge in [0.05, 0.1) is 23.5 Å². The van der Waals surface area contributed by atoms with Crippen molar-refractivity contribution < 1.29 is 23.8 Å². The van der Waals surface area contributed by atoms with Crippen LogP contribution in [0, 0.1) is 16.7 Å². The van der Waals surface area contributed by atoms with E-state index in [4.69, 9.17) is 25.8 Å². The molecule has 0 saturated carbocycles. The van der Waals surface area contributed by atoms with Gasteiger partial charge in [-0.1, -0.05) is 48.0 Å². The van der Waals surface area contributed by atoms with Crippen molar-refractivity contribution in [1.29, 1.82) is 5.26 Å². The van der Waals surface area contributed by atoms with E-state index in [9.17, 15) is 14.9 Å². The van der Waals surface area contributed by atoms with Crippen LogP contribution < -0.4 is 0 Å². The smallest absolute Gasteiger partial charge is 0.338 e. The van der Waals surface area contributed by atoms with Gasteiger partial charge in [-0.25, -0.2) is 24.5 Å². The molecule has 0 unspecified atom stereocenters. The Balaban J connectivity index is 1.49. The van der Waals surface area contributed by atoms with E-state index in [1.165, 1.54) is 17.2 Å². The van der Waals surface area contributed by atoms with Gasteiger partial charge in [-0.05, 0) is 31.2 Å². The van der Waals surface area contributed by atoms with Crippen molar-refractivity contribution in [3.8, 4) is 6.07 Å². The minimum absolute atomic E-state index is 0.140. The van der Waals surface area contributed by atoms with E-state index < -0.39 is 35.8 Å². The molecule has 3 heterocycles. The molecule has 10 nitrogen and oxygen atoms in total. The van der Waals surface area contributed by atoms with Crippen molar-refractivity contribution in [3.63, 3.8) is 0 Å². The third kappa shape index (κ3) is 4.50. The maximum atomic E-state index is 13.0. The highest BCUT2D eigenvalue weighted by Gasteiger charge is 2.58. The normalized spacial score (nSPS) is 22.9. The summed E-state index contributed by atoms with van der Waals surface area (Å²) in [5.41, 5.74) is -0.102. The summed E-state index contributed by atoms with van der Waals surface area (Å²) in [7, 11) is 0. The van der Waals surface area contributed by atoms with Gasteiger partial charge < -0.3 is 14.2 Å². The summed E-state index contributed by atoms with van der Waals surface area (Å²) in [6, 6.07) is 19.1. The van der Waals surface area contributed by atoms with E-state index in [1.54, 1.807) is 67.6 Å². The molecule has 4 atom stereocenters. The van der Waals surface area contributed by atoms with Crippen LogP contribution >= 0.6 is 11.6 Å². The van der Waals surface area contributed by atoms with Crippen molar-refractivity contribution in [1.82, 2.24) is 19.5 Å². The molecule has 5 rings (SSSR count). The number of nitrogens with zero attached hydrogens (tertiary/aromatic N) is 5.